The summed E-state index contributed by atoms with van der Waals surface area (Å²) in [5, 5.41) is 9.39. The number of halogens is 3. The van der Waals surface area contributed by atoms with Gasteiger partial charge in [0.05, 0.1) is 11.6 Å². The van der Waals surface area contributed by atoms with Crippen molar-refractivity contribution in [2.24, 2.45) is 0 Å². The second kappa shape index (κ2) is 5.35. The average Bonchev–Trinajstić information content (AvgIpc) is 2.80. The van der Waals surface area contributed by atoms with Crippen LogP contribution in [0.15, 0.2) is 24.4 Å². The quantitative estimate of drug-likeness (QED) is 0.877. The number of hydrogen-bond acceptors (Lipinski definition) is 3. The standard InChI is InChI=1S/C13H9F3N2O2/c14-13(15,16)7-20-6-11(19)9-5-18-10-3-1-2-8(4-17)12(9)10/h1-3,5,18H,6-7H2. The van der Waals surface area contributed by atoms with Crippen LogP contribution in [-0.4, -0.2) is 30.2 Å². The van der Waals surface area contributed by atoms with Gasteiger partial charge in [0.2, 0.25) is 0 Å². The first-order chi connectivity index (χ1) is 9.42. The smallest absolute Gasteiger partial charge is 0.364 e. The Balaban J connectivity index is 2.21. The van der Waals surface area contributed by atoms with Crippen LogP contribution in [-0.2, 0) is 4.74 Å². The number of alkyl halides is 3. The Kier molecular flexibility index (Phi) is 3.77. The number of ether oxygens (including phenoxy) is 1. The molecule has 0 aliphatic carbocycles. The molecular formula is C13H9F3N2O2. The number of nitrogens with zero attached hydrogens (tertiary/aromatic N) is 1. The minimum atomic E-state index is -4.47. The van der Waals surface area contributed by atoms with Crippen LogP contribution < -0.4 is 0 Å². The van der Waals surface area contributed by atoms with E-state index in [0.29, 0.717) is 10.9 Å². The summed E-state index contributed by atoms with van der Waals surface area (Å²) in [6, 6.07) is 6.78. The molecule has 0 amide bonds. The summed E-state index contributed by atoms with van der Waals surface area (Å²) in [5.41, 5.74) is 1.01. The van der Waals surface area contributed by atoms with Gasteiger partial charge in [-0.15, -0.1) is 0 Å². The van der Waals surface area contributed by atoms with E-state index in [0.717, 1.165) is 0 Å². The highest BCUT2D eigenvalue weighted by Gasteiger charge is 2.28. The zero-order valence-electron chi connectivity index (χ0n) is 10.1. The van der Waals surface area contributed by atoms with Gasteiger partial charge in [0, 0.05) is 22.7 Å². The Morgan fingerprint density at radius 2 is 2.15 bits per heavy atom. The highest BCUT2D eigenvalue weighted by molar-refractivity contribution is 6.10. The molecule has 4 nitrogen and oxygen atoms in total. The average molecular weight is 282 g/mol. The lowest BCUT2D eigenvalue weighted by atomic mass is 10.0. The molecule has 2 aromatic rings. The first-order valence-corrected chi connectivity index (χ1v) is 5.60. The second-order valence-electron chi connectivity index (χ2n) is 4.07. The molecule has 0 spiro atoms. The van der Waals surface area contributed by atoms with E-state index < -0.39 is 25.2 Å². The van der Waals surface area contributed by atoms with Crippen molar-refractivity contribution in [2.45, 2.75) is 6.18 Å². The number of carbonyl (C=O) groups is 1. The predicted octanol–water partition coefficient (Wildman–Crippen LogP) is 2.80. The lowest BCUT2D eigenvalue weighted by molar-refractivity contribution is -0.170. The van der Waals surface area contributed by atoms with Gasteiger partial charge >= 0.3 is 6.18 Å². The van der Waals surface area contributed by atoms with Gasteiger partial charge in [-0.05, 0) is 12.1 Å². The molecule has 1 N–H and O–H groups in total. The van der Waals surface area contributed by atoms with E-state index in [1.807, 2.05) is 6.07 Å². The molecule has 20 heavy (non-hydrogen) atoms. The number of aromatic amines is 1. The predicted molar refractivity (Wildman–Crippen MR) is 64.2 cm³/mol. The SMILES string of the molecule is N#Cc1cccc2[nH]cc(C(=O)COCC(F)(F)F)c12. The highest BCUT2D eigenvalue weighted by atomic mass is 19.4. The number of nitrogens with one attached hydrogen (secondary N) is 1. The van der Waals surface area contributed by atoms with Gasteiger partial charge in [-0.25, -0.2) is 0 Å². The molecule has 0 saturated heterocycles. The Morgan fingerprint density at radius 1 is 1.40 bits per heavy atom. The van der Waals surface area contributed by atoms with E-state index in [9.17, 15) is 18.0 Å². The summed E-state index contributed by atoms with van der Waals surface area (Å²) in [4.78, 5) is 14.7. The van der Waals surface area contributed by atoms with Crippen LogP contribution in [0.3, 0.4) is 0 Å². The number of hydrogen-bond donors (Lipinski definition) is 1. The summed E-state index contributed by atoms with van der Waals surface area (Å²) >= 11 is 0. The fourth-order valence-corrected chi connectivity index (χ4v) is 1.84. The third-order valence-electron chi connectivity index (χ3n) is 2.63. The first kappa shape index (κ1) is 14.1. The fourth-order valence-electron chi connectivity index (χ4n) is 1.84. The van der Waals surface area contributed by atoms with Crippen LogP contribution in [0.1, 0.15) is 15.9 Å². The summed E-state index contributed by atoms with van der Waals surface area (Å²) in [6.07, 6.45) is -3.11. The molecule has 104 valence electrons. The summed E-state index contributed by atoms with van der Waals surface area (Å²) in [5.74, 6) is -0.608. The molecule has 2 rings (SSSR count). The van der Waals surface area contributed by atoms with Gasteiger partial charge in [0.1, 0.15) is 13.2 Å². The zero-order chi connectivity index (χ0) is 14.8. The van der Waals surface area contributed by atoms with E-state index >= 15 is 0 Å². The summed E-state index contributed by atoms with van der Waals surface area (Å²) < 4.78 is 40.1. The van der Waals surface area contributed by atoms with E-state index in [4.69, 9.17) is 5.26 Å². The van der Waals surface area contributed by atoms with Gasteiger partial charge in [-0.3, -0.25) is 4.79 Å². The van der Waals surface area contributed by atoms with Crippen molar-refractivity contribution in [1.29, 1.82) is 5.26 Å². The fraction of sp³-hybridized carbons (Fsp3) is 0.231. The van der Waals surface area contributed by atoms with E-state index in [2.05, 4.69) is 9.72 Å². The van der Waals surface area contributed by atoms with Crippen molar-refractivity contribution in [1.82, 2.24) is 4.98 Å². The van der Waals surface area contributed by atoms with Crippen molar-refractivity contribution >= 4 is 16.7 Å². The number of nitriles is 1. The van der Waals surface area contributed by atoms with Gasteiger partial charge in [0.15, 0.2) is 5.78 Å². The van der Waals surface area contributed by atoms with Crippen LogP contribution >= 0.6 is 0 Å². The Bertz CT molecular complexity index is 683. The Morgan fingerprint density at radius 3 is 2.80 bits per heavy atom. The number of benzene rings is 1. The molecule has 7 heteroatoms. The van der Waals surface area contributed by atoms with Crippen molar-refractivity contribution in [3.05, 3.63) is 35.5 Å². The molecule has 1 aromatic heterocycles. The molecular weight excluding hydrogens is 273 g/mol. The van der Waals surface area contributed by atoms with Crippen molar-refractivity contribution < 1.29 is 22.7 Å². The zero-order valence-corrected chi connectivity index (χ0v) is 10.1. The molecule has 0 unspecified atom stereocenters. The van der Waals surface area contributed by atoms with E-state index in [-0.39, 0.29) is 11.1 Å². The number of fused-ring (bicyclic) bond motifs is 1. The second-order valence-corrected chi connectivity index (χ2v) is 4.07. The van der Waals surface area contributed by atoms with Crippen LogP contribution in [0, 0.1) is 11.3 Å². The monoisotopic (exact) mass is 282 g/mol. The van der Waals surface area contributed by atoms with Crippen molar-refractivity contribution in [2.75, 3.05) is 13.2 Å². The van der Waals surface area contributed by atoms with Crippen molar-refractivity contribution in [3.63, 3.8) is 0 Å². The van der Waals surface area contributed by atoms with Crippen LogP contribution in [0.25, 0.3) is 10.9 Å². The topological polar surface area (TPSA) is 65.9 Å². The molecule has 0 aliphatic rings. The summed E-state index contributed by atoms with van der Waals surface area (Å²) in [6.45, 7) is -2.17. The Hall–Kier alpha value is -2.33. The molecule has 0 atom stereocenters. The molecule has 0 saturated carbocycles. The minimum Gasteiger partial charge on any atom is -0.364 e. The maximum Gasteiger partial charge on any atom is 0.411 e. The number of carbonyl (C=O) groups excluding carboxylic acids is 1. The Labute approximate surface area is 111 Å². The summed E-state index contributed by atoms with van der Waals surface area (Å²) in [7, 11) is 0. The lowest BCUT2D eigenvalue weighted by Crippen LogP contribution is -2.20. The maximum absolute atomic E-state index is 11.9. The largest absolute Gasteiger partial charge is 0.411 e. The molecule has 0 bridgehead atoms. The molecule has 1 heterocycles. The number of aromatic nitrogens is 1. The third-order valence-corrected chi connectivity index (χ3v) is 2.63. The number of H-pyrrole nitrogens is 1. The highest BCUT2D eigenvalue weighted by Crippen LogP contribution is 2.23. The van der Waals surface area contributed by atoms with Crippen LogP contribution in [0.5, 0.6) is 0 Å². The third kappa shape index (κ3) is 2.97. The normalized spacial score (nSPS) is 11.5. The number of ketones is 1. The van der Waals surface area contributed by atoms with Gasteiger partial charge < -0.3 is 9.72 Å². The lowest BCUT2D eigenvalue weighted by Gasteiger charge is -2.06. The van der Waals surface area contributed by atoms with Crippen LogP contribution in [0.2, 0.25) is 0 Å². The van der Waals surface area contributed by atoms with Crippen molar-refractivity contribution in [3.8, 4) is 6.07 Å². The molecule has 0 radical (unpaired) electrons. The van der Waals surface area contributed by atoms with Gasteiger partial charge in [0.25, 0.3) is 0 Å². The first-order valence-electron chi connectivity index (χ1n) is 5.60. The number of rotatable bonds is 4. The van der Waals surface area contributed by atoms with Gasteiger partial charge in [-0.1, -0.05) is 6.07 Å². The van der Waals surface area contributed by atoms with E-state index in [1.54, 1.807) is 12.1 Å². The number of Topliss-reactive ketones (excluding diaryl/α,β-unsaturated/α-hetero) is 1. The molecule has 0 fully saturated rings. The maximum atomic E-state index is 11.9. The minimum absolute atomic E-state index is 0.152. The van der Waals surface area contributed by atoms with Crippen LogP contribution in [0.4, 0.5) is 13.2 Å². The molecule has 0 aliphatic heterocycles. The molecule has 1 aromatic carbocycles. The van der Waals surface area contributed by atoms with Gasteiger partial charge in [-0.2, -0.15) is 18.4 Å². The van der Waals surface area contributed by atoms with E-state index in [1.165, 1.54) is 12.3 Å².